The number of amides is 1. The van der Waals surface area contributed by atoms with E-state index in [1.165, 1.54) is 18.2 Å². The van der Waals surface area contributed by atoms with Gasteiger partial charge >= 0.3 is 0 Å². The van der Waals surface area contributed by atoms with E-state index >= 15 is 0 Å². The number of hydrogen-bond acceptors (Lipinski definition) is 5. The maximum atomic E-state index is 11.8. The van der Waals surface area contributed by atoms with Gasteiger partial charge in [-0.15, -0.1) is 0 Å². The third-order valence-corrected chi connectivity index (χ3v) is 3.16. The Kier molecular flexibility index (Phi) is 5.83. The van der Waals surface area contributed by atoms with Crippen LogP contribution in [-0.2, 0) is 9.59 Å². The van der Waals surface area contributed by atoms with Crippen molar-refractivity contribution in [2.75, 3.05) is 5.32 Å². The molecule has 7 nitrogen and oxygen atoms in total. The number of carboxylic acid groups (broad SMARTS) is 1. The second-order valence-electron chi connectivity index (χ2n) is 5.03. The standard InChI is InChI=1S/C14H18N2O5/c1-9(2)10(14(18)19)7-8-13(17)15-11-5-3-4-6-12(11)16(20)21/h3-6,9-10H,7-8H2,1-2H3,(H,15,17)(H,18,19)/p-1/t10-/m0/s1. The quantitative estimate of drug-likeness (QED) is 0.602. The van der Waals surface area contributed by atoms with Crippen LogP contribution in [0.1, 0.15) is 26.7 Å². The molecule has 0 heterocycles. The molecule has 0 spiro atoms. The van der Waals surface area contributed by atoms with Crippen molar-refractivity contribution >= 4 is 23.3 Å². The summed E-state index contributed by atoms with van der Waals surface area (Å²) >= 11 is 0. The molecule has 0 bridgehead atoms. The van der Waals surface area contributed by atoms with E-state index in [9.17, 15) is 24.8 Å². The van der Waals surface area contributed by atoms with Gasteiger partial charge in [0.25, 0.3) is 5.69 Å². The first-order chi connectivity index (χ1) is 9.82. The molecule has 0 aliphatic rings. The molecule has 1 aromatic carbocycles. The predicted molar refractivity (Wildman–Crippen MR) is 74.3 cm³/mol. The number of nitrogens with one attached hydrogen (secondary N) is 1. The summed E-state index contributed by atoms with van der Waals surface area (Å²) < 4.78 is 0. The fourth-order valence-corrected chi connectivity index (χ4v) is 1.96. The van der Waals surface area contributed by atoms with E-state index in [-0.39, 0.29) is 30.1 Å². The van der Waals surface area contributed by atoms with Crippen molar-refractivity contribution in [1.29, 1.82) is 0 Å². The normalized spacial score (nSPS) is 12.0. The first-order valence-electron chi connectivity index (χ1n) is 6.57. The molecule has 0 aliphatic carbocycles. The lowest BCUT2D eigenvalue weighted by Gasteiger charge is -2.21. The highest BCUT2D eigenvalue weighted by Gasteiger charge is 2.18. The molecule has 1 aromatic rings. The number of benzene rings is 1. The van der Waals surface area contributed by atoms with Gasteiger partial charge in [-0.05, 0) is 18.4 Å². The van der Waals surface area contributed by atoms with Crippen LogP contribution in [0, 0.1) is 22.0 Å². The average Bonchev–Trinajstić information content (AvgIpc) is 2.38. The number of carbonyl (C=O) groups excluding carboxylic acids is 2. The Labute approximate surface area is 122 Å². The Morgan fingerprint density at radius 1 is 1.29 bits per heavy atom. The number of para-hydroxylation sites is 2. The third kappa shape index (κ3) is 4.87. The molecule has 21 heavy (non-hydrogen) atoms. The Morgan fingerprint density at radius 2 is 1.90 bits per heavy atom. The molecule has 7 heteroatoms. The zero-order valence-electron chi connectivity index (χ0n) is 11.9. The summed E-state index contributed by atoms with van der Waals surface area (Å²) in [5.41, 5.74) is -0.104. The van der Waals surface area contributed by atoms with Gasteiger partial charge in [0.05, 0.1) is 4.92 Å². The van der Waals surface area contributed by atoms with Gasteiger partial charge in [0.2, 0.25) is 5.91 Å². The third-order valence-electron chi connectivity index (χ3n) is 3.16. The number of hydrogen-bond donors (Lipinski definition) is 1. The number of rotatable bonds is 7. The van der Waals surface area contributed by atoms with Crippen LogP contribution in [-0.4, -0.2) is 16.8 Å². The summed E-state index contributed by atoms with van der Waals surface area (Å²) in [5.74, 6) is -2.52. The fraction of sp³-hybridized carbons (Fsp3) is 0.429. The Bertz CT molecular complexity index is 542. The number of carbonyl (C=O) groups is 2. The van der Waals surface area contributed by atoms with Crippen molar-refractivity contribution in [3.63, 3.8) is 0 Å². The smallest absolute Gasteiger partial charge is 0.292 e. The minimum Gasteiger partial charge on any atom is -0.550 e. The number of nitrogens with zero attached hydrogens (tertiary/aromatic N) is 1. The Balaban J connectivity index is 2.66. The predicted octanol–water partition coefficient (Wildman–Crippen LogP) is 1.34. The largest absolute Gasteiger partial charge is 0.550 e. The van der Waals surface area contributed by atoms with E-state index < -0.39 is 22.7 Å². The van der Waals surface area contributed by atoms with Gasteiger partial charge in [0.1, 0.15) is 5.69 Å². The number of carboxylic acids is 1. The van der Waals surface area contributed by atoms with Gasteiger partial charge in [-0.2, -0.15) is 0 Å². The highest BCUT2D eigenvalue weighted by Crippen LogP contribution is 2.24. The summed E-state index contributed by atoms with van der Waals surface area (Å²) in [7, 11) is 0. The summed E-state index contributed by atoms with van der Waals surface area (Å²) in [6.45, 7) is 3.47. The lowest BCUT2D eigenvalue weighted by atomic mass is 9.91. The summed E-state index contributed by atoms with van der Waals surface area (Å²) in [6.07, 6.45) is 0.0926. The monoisotopic (exact) mass is 293 g/mol. The van der Waals surface area contributed by atoms with Gasteiger partial charge in [-0.25, -0.2) is 0 Å². The molecule has 0 saturated carbocycles. The Hall–Kier alpha value is -2.44. The molecule has 0 radical (unpaired) electrons. The SMILES string of the molecule is CC(C)[C@H](CCC(=O)Nc1ccccc1[N+](=O)[O-])C(=O)[O-]. The van der Waals surface area contributed by atoms with E-state index in [4.69, 9.17) is 0 Å². The molecule has 1 amide bonds. The van der Waals surface area contributed by atoms with Crippen molar-refractivity contribution in [2.24, 2.45) is 11.8 Å². The molecular weight excluding hydrogens is 276 g/mol. The van der Waals surface area contributed by atoms with Crippen LogP contribution in [0.5, 0.6) is 0 Å². The molecule has 0 aromatic heterocycles. The number of nitro benzene ring substituents is 1. The van der Waals surface area contributed by atoms with Crippen LogP contribution in [0.2, 0.25) is 0 Å². The van der Waals surface area contributed by atoms with E-state index in [1.807, 2.05) is 0 Å². The number of aliphatic carboxylic acids is 1. The van der Waals surface area contributed by atoms with Gasteiger partial charge in [0.15, 0.2) is 0 Å². The first kappa shape index (κ1) is 16.6. The maximum absolute atomic E-state index is 11.8. The van der Waals surface area contributed by atoms with Gasteiger partial charge in [0, 0.05) is 24.4 Å². The van der Waals surface area contributed by atoms with Crippen LogP contribution in [0.3, 0.4) is 0 Å². The maximum Gasteiger partial charge on any atom is 0.292 e. The fourth-order valence-electron chi connectivity index (χ4n) is 1.96. The van der Waals surface area contributed by atoms with Crippen molar-refractivity contribution in [2.45, 2.75) is 26.7 Å². The highest BCUT2D eigenvalue weighted by atomic mass is 16.6. The van der Waals surface area contributed by atoms with E-state index in [2.05, 4.69) is 5.32 Å². The molecule has 1 rings (SSSR count). The molecule has 114 valence electrons. The molecular formula is C14H17N2O5-. The second kappa shape index (κ2) is 7.37. The summed E-state index contributed by atoms with van der Waals surface area (Å²) in [5, 5.41) is 24.2. The lowest BCUT2D eigenvalue weighted by molar-refractivity contribution is -0.383. The lowest BCUT2D eigenvalue weighted by Crippen LogP contribution is -2.35. The van der Waals surface area contributed by atoms with Crippen molar-refractivity contribution < 1.29 is 19.6 Å². The van der Waals surface area contributed by atoms with Crippen molar-refractivity contribution in [3.05, 3.63) is 34.4 Å². The van der Waals surface area contributed by atoms with Gasteiger partial charge < -0.3 is 15.2 Å². The van der Waals surface area contributed by atoms with Crippen LogP contribution in [0.25, 0.3) is 0 Å². The summed E-state index contributed by atoms with van der Waals surface area (Å²) in [4.78, 5) is 32.9. The zero-order chi connectivity index (χ0) is 16.0. The Morgan fingerprint density at radius 3 is 2.43 bits per heavy atom. The number of nitro groups is 1. The molecule has 0 unspecified atom stereocenters. The summed E-state index contributed by atoms with van der Waals surface area (Å²) in [6, 6.07) is 5.78. The first-order valence-corrected chi connectivity index (χ1v) is 6.57. The number of anilines is 1. The minimum atomic E-state index is -1.19. The van der Waals surface area contributed by atoms with Crippen molar-refractivity contribution in [1.82, 2.24) is 0 Å². The second-order valence-corrected chi connectivity index (χ2v) is 5.03. The topological polar surface area (TPSA) is 112 Å². The van der Waals surface area contributed by atoms with Gasteiger partial charge in [-0.1, -0.05) is 26.0 Å². The van der Waals surface area contributed by atoms with Crippen LogP contribution in [0.15, 0.2) is 24.3 Å². The van der Waals surface area contributed by atoms with E-state index in [0.29, 0.717) is 0 Å². The molecule has 0 fully saturated rings. The van der Waals surface area contributed by atoms with E-state index in [0.717, 1.165) is 0 Å². The molecule has 0 saturated heterocycles. The van der Waals surface area contributed by atoms with Crippen molar-refractivity contribution in [3.8, 4) is 0 Å². The van der Waals surface area contributed by atoms with Crippen LogP contribution < -0.4 is 10.4 Å². The molecule has 0 aliphatic heterocycles. The van der Waals surface area contributed by atoms with Crippen LogP contribution >= 0.6 is 0 Å². The minimum absolute atomic E-state index is 0.0388. The van der Waals surface area contributed by atoms with Gasteiger partial charge in [-0.3, -0.25) is 14.9 Å². The highest BCUT2D eigenvalue weighted by molar-refractivity contribution is 5.93. The molecule has 1 atom stereocenters. The molecule has 1 N–H and O–H groups in total. The van der Waals surface area contributed by atoms with E-state index in [1.54, 1.807) is 19.9 Å². The average molecular weight is 293 g/mol. The van der Waals surface area contributed by atoms with Crippen LogP contribution in [0.4, 0.5) is 11.4 Å². The zero-order valence-corrected chi connectivity index (χ0v) is 11.9.